The second kappa shape index (κ2) is 5.44. The Bertz CT molecular complexity index is 331. The minimum Gasteiger partial charge on any atom is -0.316 e. The molecule has 2 nitrogen and oxygen atoms in total. The van der Waals surface area contributed by atoms with Gasteiger partial charge in [-0.3, -0.25) is 4.98 Å². The zero-order chi connectivity index (χ0) is 12.2. The van der Waals surface area contributed by atoms with Crippen LogP contribution in [0.2, 0.25) is 0 Å². The third kappa shape index (κ3) is 3.05. The number of hydrogen-bond acceptors (Lipinski definition) is 2. The molecule has 0 saturated heterocycles. The van der Waals surface area contributed by atoms with Gasteiger partial charge in [0.2, 0.25) is 0 Å². The van der Waals surface area contributed by atoms with Gasteiger partial charge in [0, 0.05) is 24.4 Å². The second-order valence-corrected chi connectivity index (χ2v) is 5.15. The molecule has 0 saturated carbocycles. The van der Waals surface area contributed by atoms with Crippen molar-refractivity contribution in [2.75, 3.05) is 7.05 Å². The van der Waals surface area contributed by atoms with Crippen LogP contribution in [0.4, 0.5) is 0 Å². The summed E-state index contributed by atoms with van der Waals surface area (Å²) < 4.78 is 0. The third-order valence-corrected chi connectivity index (χ3v) is 3.72. The molecule has 90 valence electrons. The van der Waals surface area contributed by atoms with E-state index in [1.807, 2.05) is 19.3 Å². The number of hydrogen-bond donors (Lipinski definition) is 1. The Labute approximate surface area is 99.5 Å². The predicted molar refractivity (Wildman–Crippen MR) is 69.6 cm³/mol. The highest BCUT2D eigenvalue weighted by atomic mass is 14.9. The van der Waals surface area contributed by atoms with E-state index in [9.17, 15) is 0 Å². The summed E-state index contributed by atoms with van der Waals surface area (Å²) in [6.45, 7) is 9.00. The molecular formula is C14H24N2. The largest absolute Gasteiger partial charge is 0.316 e. The maximum Gasteiger partial charge on any atom is 0.0448 e. The molecular weight excluding hydrogens is 196 g/mol. The van der Waals surface area contributed by atoms with Crippen LogP contribution in [0.1, 0.15) is 38.4 Å². The van der Waals surface area contributed by atoms with Gasteiger partial charge in [-0.1, -0.05) is 26.8 Å². The molecule has 16 heavy (non-hydrogen) atoms. The summed E-state index contributed by atoms with van der Waals surface area (Å²) >= 11 is 0. The normalized spacial score (nSPS) is 13.8. The van der Waals surface area contributed by atoms with Gasteiger partial charge in [-0.05, 0) is 37.4 Å². The summed E-state index contributed by atoms with van der Waals surface area (Å²) in [5.74, 6) is 0. The van der Waals surface area contributed by atoms with Crippen LogP contribution in [-0.2, 0) is 6.42 Å². The molecule has 0 aliphatic heterocycles. The maximum atomic E-state index is 4.47. The van der Waals surface area contributed by atoms with E-state index in [0.29, 0.717) is 11.5 Å². The van der Waals surface area contributed by atoms with Gasteiger partial charge >= 0.3 is 0 Å². The Morgan fingerprint density at radius 2 is 2.12 bits per heavy atom. The van der Waals surface area contributed by atoms with E-state index in [1.54, 1.807) is 0 Å². The smallest absolute Gasteiger partial charge is 0.0448 e. The molecule has 0 aliphatic carbocycles. The molecule has 1 aromatic rings. The molecule has 1 rings (SSSR count). The van der Waals surface area contributed by atoms with E-state index in [2.05, 4.69) is 44.1 Å². The van der Waals surface area contributed by atoms with Crippen LogP contribution in [0.3, 0.4) is 0 Å². The topological polar surface area (TPSA) is 24.9 Å². The van der Waals surface area contributed by atoms with Crippen LogP contribution >= 0.6 is 0 Å². The zero-order valence-electron chi connectivity index (χ0n) is 11.2. The molecule has 0 fully saturated rings. The van der Waals surface area contributed by atoms with Crippen LogP contribution in [0, 0.1) is 12.3 Å². The highest BCUT2D eigenvalue weighted by Crippen LogP contribution is 2.27. The Kier molecular flexibility index (Phi) is 4.48. The van der Waals surface area contributed by atoms with Crippen molar-refractivity contribution in [3.05, 3.63) is 29.6 Å². The quantitative estimate of drug-likeness (QED) is 0.825. The van der Waals surface area contributed by atoms with Crippen LogP contribution in [-0.4, -0.2) is 18.1 Å². The minimum absolute atomic E-state index is 0.304. The van der Waals surface area contributed by atoms with Crippen molar-refractivity contribution < 1.29 is 0 Å². The monoisotopic (exact) mass is 220 g/mol. The summed E-state index contributed by atoms with van der Waals surface area (Å²) in [6.07, 6.45) is 4.06. The van der Waals surface area contributed by atoms with Crippen LogP contribution in [0.15, 0.2) is 18.3 Å². The lowest BCUT2D eigenvalue weighted by molar-refractivity contribution is 0.239. The molecule has 1 unspecified atom stereocenters. The van der Waals surface area contributed by atoms with E-state index >= 15 is 0 Å². The summed E-state index contributed by atoms with van der Waals surface area (Å²) in [5.41, 5.74) is 2.80. The molecule has 0 aromatic carbocycles. The third-order valence-electron chi connectivity index (χ3n) is 3.72. The average molecular weight is 220 g/mol. The second-order valence-electron chi connectivity index (χ2n) is 5.15. The number of nitrogens with one attached hydrogen (secondary N) is 1. The summed E-state index contributed by atoms with van der Waals surface area (Å²) in [5, 5.41) is 3.43. The van der Waals surface area contributed by atoms with Gasteiger partial charge in [0.05, 0.1) is 0 Å². The van der Waals surface area contributed by atoms with Crippen LogP contribution in [0.5, 0.6) is 0 Å². The van der Waals surface area contributed by atoms with Gasteiger partial charge in [-0.25, -0.2) is 0 Å². The molecule has 0 amide bonds. The summed E-state index contributed by atoms with van der Waals surface area (Å²) in [4.78, 5) is 4.47. The fraction of sp³-hybridized carbons (Fsp3) is 0.643. The van der Waals surface area contributed by atoms with E-state index in [1.165, 1.54) is 17.7 Å². The van der Waals surface area contributed by atoms with Crippen molar-refractivity contribution in [1.29, 1.82) is 0 Å². The number of nitrogens with zero attached hydrogens (tertiary/aromatic N) is 1. The zero-order valence-corrected chi connectivity index (χ0v) is 11.2. The van der Waals surface area contributed by atoms with Gasteiger partial charge < -0.3 is 5.32 Å². The molecule has 1 N–H and O–H groups in total. The van der Waals surface area contributed by atoms with Crippen molar-refractivity contribution in [1.82, 2.24) is 10.3 Å². The summed E-state index contributed by atoms with van der Waals surface area (Å²) in [6, 6.07) is 4.61. The number of likely N-dealkylation sites (N-methyl/N-ethyl adjacent to an activating group) is 1. The first-order valence-electron chi connectivity index (χ1n) is 6.09. The molecule has 0 aliphatic rings. The molecule has 0 spiro atoms. The van der Waals surface area contributed by atoms with Crippen LogP contribution < -0.4 is 5.32 Å². The molecule has 1 heterocycles. The van der Waals surface area contributed by atoms with Crippen molar-refractivity contribution in [3.63, 3.8) is 0 Å². The van der Waals surface area contributed by atoms with Crippen molar-refractivity contribution in [2.45, 2.75) is 46.6 Å². The van der Waals surface area contributed by atoms with Gasteiger partial charge in [0.15, 0.2) is 0 Å². The van der Waals surface area contributed by atoms with E-state index in [0.717, 1.165) is 6.42 Å². The van der Waals surface area contributed by atoms with Crippen molar-refractivity contribution >= 4 is 0 Å². The van der Waals surface area contributed by atoms with Crippen molar-refractivity contribution in [3.8, 4) is 0 Å². The molecule has 2 heteroatoms. The fourth-order valence-corrected chi connectivity index (χ4v) is 1.94. The Morgan fingerprint density at radius 1 is 1.44 bits per heavy atom. The average Bonchev–Trinajstić information content (AvgIpc) is 2.27. The first-order valence-corrected chi connectivity index (χ1v) is 6.09. The Morgan fingerprint density at radius 3 is 2.62 bits per heavy atom. The molecule has 1 atom stereocenters. The van der Waals surface area contributed by atoms with Gasteiger partial charge in [0.25, 0.3) is 0 Å². The highest BCUT2D eigenvalue weighted by Gasteiger charge is 2.27. The Hall–Kier alpha value is -0.890. The standard InChI is InChI=1S/C14H24N2/c1-6-14(3,4)13(15-5)10-12-11(2)8-7-9-16-12/h7-9,13,15H,6,10H2,1-5H3. The lowest BCUT2D eigenvalue weighted by atomic mass is 9.79. The lowest BCUT2D eigenvalue weighted by Gasteiger charge is -2.33. The highest BCUT2D eigenvalue weighted by molar-refractivity contribution is 5.19. The van der Waals surface area contributed by atoms with E-state index in [-0.39, 0.29) is 0 Å². The molecule has 0 radical (unpaired) electrons. The van der Waals surface area contributed by atoms with Gasteiger partial charge in [-0.15, -0.1) is 0 Å². The first kappa shape index (κ1) is 13.2. The number of aryl methyl sites for hydroxylation is 1. The van der Waals surface area contributed by atoms with E-state index < -0.39 is 0 Å². The van der Waals surface area contributed by atoms with Crippen molar-refractivity contribution in [2.24, 2.45) is 5.41 Å². The summed E-state index contributed by atoms with van der Waals surface area (Å²) in [7, 11) is 2.04. The maximum absolute atomic E-state index is 4.47. The lowest BCUT2D eigenvalue weighted by Crippen LogP contribution is -2.41. The number of aromatic nitrogens is 1. The van der Waals surface area contributed by atoms with Gasteiger partial charge in [0.1, 0.15) is 0 Å². The Balaban J connectivity index is 2.82. The first-order chi connectivity index (χ1) is 7.51. The fourth-order valence-electron chi connectivity index (χ4n) is 1.94. The van der Waals surface area contributed by atoms with Gasteiger partial charge in [-0.2, -0.15) is 0 Å². The predicted octanol–water partition coefficient (Wildman–Crippen LogP) is 2.96. The van der Waals surface area contributed by atoms with Crippen LogP contribution in [0.25, 0.3) is 0 Å². The number of rotatable bonds is 5. The SMILES string of the molecule is CCC(C)(C)C(Cc1ncccc1C)NC. The number of pyridine rings is 1. The molecule has 0 bridgehead atoms. The van der Waals surface area contributed by atoms with E-state index in [4.69, 9.17) is 0 Å². The molecule has 1 aromatic heterocycles. The minimum atomic E-state index is 0.304.